The molecule has 2 saturated heterocycles. The zero-order valence-electron chi connectivity index (χ0n) is 17.7. The molecular formula is C20H33N5O4. The zero-order valence-corrected chi connectivity index (χ0v) is 17.7. The molecule has 3 rings (SSSR count). The van der Waals surface area contributed by atoms with E-state index in [1.165, 1.54) is 0 Å². The average Bonchev–Trinajstić information content (AvgIpc) is 2.67. The van der Waals surface area contributed by atoms with E-state index in [1.807, 2.05) is 11.8 Å². The molecular weight excluding hydrogens is 374 g/mol. The Labute approximate surface area is 171 Å². The molecule has 2 N–H and O–H groups in total. The van der Waals surface area contributed by atoms with Crippen molar-refractivity contribution >= 4 is 11.9 Å². The lowest BCUT2D eigenvalue weighted by Crippen LogP contribution is -2.47. The average molecular weight is 408 g/mol. The maximum absolute atomic E-state index is 12.5. The molecule has 3 heterocycles. The van der Waals surface area contributed by atoms with Crippen LogP contribution >= 0.6 is 0 Å². The molecule has 2 aliphatic heterocycles. The first-order valence-corrected chi connectivity index (χ1v) is 10.5. The summed E-state index contributed by atoms with van der Waals surface area (Å²) in [5, 5.41) is 2.96. The number of hydrogen-bond acceptors (Lipinski definition) is 7. The Kier molecular flexibility index (Phi) is 7.63. The number of aromatic amines is 1. The third kappa shape index (κ3) is 6.25. The predicted octanol–water partition coefficient (Wildman–Crippen LogP) is 0.0729. The maximum atomic E-state index is 12.5. The minimum atomic E-state index is -0.164. The minimum Gasteiger partial charge on any atom is -0.378 e. The van der Waals surface area contributed by atoms with Crippen LogP contribution in [0.25, 0.3) is 0 Å². The molecule has 1 amide bonds. The number of nitrogens with zero attached hydrogens (tertiary/aromatic N) is 3. The van der Waals surface area contributed by atoms with Gasteiger partial charge in [0.1, 0.15) is 0 Å². The summed E-state index contributed by atoms with van der Waals surface area (Å²) in [4.78, 5) is 36.4. The summed E-state index contributed by atoms with van der Waals surface area (Å²) in [5.74, 6) is 0.536. The van der Waals surface area contributed by atoms with E-state index in [0.717, 1.165) is 19.6 Å². The Morgan fingerprint density at radius 3 is 2.59 bits per heavy atom. The highest BCUT2D eigenvalue weighted by atomic mass is 16.5. The third-order valence-electron chi connectivity index (χ3n) is 5.37. The number of aryl methyl sites for hydroxylation is 1. The maximum Gasteiger partial charge on any atom is 0.255 e. The van der Waals surface area contributed by atoms with Crippen molar-refractivity contribution in [2.75, 3.05) is 57.4 Å². The number of carbonyl (C=O) groups excluding carboxylic acids is 1. The fourth-order valence-electron chi connectivity index (χ4n) is 3.96. The van der Waals surface area contributed by atoms with Crippen LogP contribution in [0, 0.1) is 6.92 Å². The summed E-state index contributed by atoms with van der Waals surface area (Å²) in [6.07, 6.45) is 1.10. The monoisotopic (exact) mass is 407 g/mol. The first-order valence-electron chi connectivity index (χ1n) is 10.5. The van der Waals surface area contributed by atoms with Crippen LogP contribution in [0.2, 0.25) is 0 Å². The first-order chi connectivity index (χ1) is 13.9. The molecule has 1 aromatic rings. The number of nitrogens with one attached hydrogen (secondary N) is 2. The van der Waals surface area contributed by atoms with E-state index < -0.39 is 0 Å². The van der Waals surface area contributed by atoms with Crippen LogP contribution in [0.1, 0.15) is 31.5 Å². The van der Waals surface area contributed by atoms with Crippen molar-refractivity contribution in [2.24, 2.45) is 0 Å². The van der Waals surface area contributed by atoms with Crippen molar-refractivity contribution in [3.8, 4) is 0 Å². The molecule has 0 aliphatic carbocycles. The number of amides is 1. The number of rotatable bonds is 7. The lowest BCUT2D eigenvalue weighted by Gasteiger charge is -2.35. The largest absolute Gasteiger partial charge is 0.378 e. The van der Waals surface area contributed by atoms with Gasteiger partial charge >= 0.3 is 0 Å². The predicted molar refractivity (Wildman–Crippen MR) is 110 cm³/mol. The summed E-state index contributed by atoms with van der Waals surface area (Å²) in [7, 11) is 0. The van der Waals surface area contributed by atoms with Crippen LogP contribution in [0.5, 0.6) is 0 Å². The molecule has 162 valence electrons. The lowest BCUT2D eigenvalue weighted by atomic mass is 10.1. The highest BCUT2D eigenvalue weighted by Gasteiger charge is 2.22. The summed E-state index contributed by atoms with van der Waals surface area (Å²) in [5.41, 5.74) is 1.09. The molecule has 0 aromatic carbocycles. The highest BCUT2D eigenvalue weighted by molar-refractivity contribution is 5.76. The van der Waals surface area contributed by atoms with Crippen LogP contribution in [-0.4, -0.2) is 85.5 Å². The molecule has 2 unspecified atom stereocenters. The molecule has 0 radical (unpaired) electrons. The van der Waals surface area contributed by atoms with Crippen LogP contribution in [-0.2, 0) is 20.7 Å². The molecule has 9 heteroatoms. The fourth-order valence-corrected chi connectivity index (χ4v) is 3.96. The van der Waals surface area contributed by atoms with Crippen LogP contribution < -0.4 is 15.8 Å². The number of hydrogen-bond donors (Lipinski definition) is 2. The van der Waals surface area contributed by atoms with Gasteiger partial charge in [0.05, 0.1) is 25.4 Å². The van der Waals surface area contributed by atoms with Gasteiger partial charge in [-0.1, -0.05) is 0 Å². The topological polar surface area (TPSA) is 99.8 Å². The molecule has 0 saturated carbocycles. The number of H-pyrrole nitrogens is 1. The van der Waals surface area contributed by atoms with Gasteiger partial charge in [0.15, 0.2) is 0 Å². The minimum absolute atomic E-state index is 0.0459. The SMILES string of the molecule is Cc1nc(N2CCOCC2)[nH]c(=O)c1CCC(=O)NCCN1CC(C)OC(C)C1. The molecule has 2 atom stereocenters. The summed E-state index contributed by atoms with van der Waals surface area (Å²) >= 11 is 0. The Balaban J connectivity index is 1.45. The molecule has 0 bridgehead atoms. The van der Waals surface area contributed by atoms with E-state index in [1.54, 1.807) is 0 Å². The summed E-state index contributed by atoms with van der Waals surface area (Å²) in [6.45, 7) is 11.8. The van der Waals surface area contributed by atoms with Crippen LogP contribution in [0.3, 0.4) is 0 Å². The van der Waals surface area contributed by atoms with Gasteiger partial charge in [-0.05, 0) is 27.2 Å². The third-order valence-corrected chi connectivity index (χ3v) is 5.37. The van der Waals surface area contributed by atoms with E-state index >= 15 is 0 Å². The smallest absolute Gasteiger partial charge is 0.255 e. The van der Waals surface area contributed by atoms with E-state index in [4.69, 9.17) is 9.47 Å². The van der Waals surface area contributed by atoms with E-state index in [9.17, 15) is 9.59 Å². The van der Waals surface area contributed by atoms with Crippen LogP contribution in [0.4, 0.5) is 5.95 Å². The van der Waals surface area contributed by atoms with Crippen molar-refractivity contribution in [2.45, 2.75) is 45.8 Å². The second kappa shape index (κ2) is 10.2. The van der Waals surface area contributed by atoms with Gasteiger partial charge in [-0.25, -0.2) is 4.98 Å². The molecule has 9 nitrogen and oxygen atoms in total. The van der Waals surface area contributed by atoms with Gasteiger partial charge < -0.3 is 19.7 Å². The zero-order chi connectivity index (χ0) is 20.8. The number of carbonyl (C=O) groups is 1. The van der Waals surface area contributed by atoms with Crippen molar-refractivity contribution in [3.63, 3.8) is 0 Å². The molecule has 2 aliphatic rings. The van der Waals surface area contributed by atoms with Crippen molar-refractivity contribution in [1.29, 1.82) is 0 Å². The first kappa shape index (κ1) is 21.7. The Morgan fingerprint density at radius 2 is 1.93 bits per heavy atom. The summed E-state index contributed by atoms with van der Waals surface area (Å²) < 4.78 is 11.1. The molecule has 2 fully saturated rings. The van der Waals surface area contributed by atoms with E-state index in [0.29, 0.717) is 56.5 Å². The second-order valence-electron chi connectivity index (χ2n) is 7.92. The van der Waals surface area contributed by atoms with Gasteiger partial charge in [-0.3, -0.25) is 19.5 Å². The molecule has 29 heavy (non-hydrogen) atoms. The number of anilines is 1. The van der Waals surface area contributed by atoms with Gasteiger partial charge in [-0.15, -0.1) is 0 Å². The van der Waals surface area contributed by atoms with Crippen molar-refractivity contribution in [1.82, 2.24) is 20.2 Å². The van der Waals surface area contributed by atoms with E-state index in [-0.39, 0.29) is 30.1 Å². The van der Waals surface area contributed by atoms with Crippen LogP contribution in [0.15, 0.2) is 4.79 Å². The van der Waals surface area contributed by atoms with Gasteiger partial charge in [-0.2, -0.15) is 0 Å². The Hall–Kier alpha value is -1.97. The highest BCUT2D eigenvalue weighted by Crippen LogP contribution is 2.12. The Morgan fingerprint density at radius 1 is 1.24 bits per heavy atom. The van der Waals surface area contributed by atoms with E-state index in [2.05, 4.69) is 34.0 Å². The summed E-state index contributed by atoms with van der Waals surface area (Å²) in [6, 6.07) is 0. The number of morpholine rings is 2. The normalized spacial score (nSPS) is 23.2. The number of aromatic nitrogens is 2. The van der Waals surface area contributed by atoms with Gasteiger partial charge in [0.25, 0.3) is 5.56 Å². The molecule has 0 spiro atoms. The molecule has 1 aromatic heterocycles. The fraction of sp³-hybridized carbons (Fsp3) is 0.750. The standard InChI is InChI=1S/C20H33N5O4/c1-14-12-24(13-15(2)29-14)7-6-21-18(26)5-4-17-16(3)22-20(23-19(17)27)25-8-10-28-11-9-25/h14-15H,4-13H2,1-3H3,(H,21,26)(H,22,23,27). The van der Waals surface area contributed by atoms with Crippen molar-refractivity contribution in [3.05, 3.63) is 21.6 Å². The van der Waals surface area contributed by atoms with Crippen molar-refractivity contribution < 1.29 is 14.3 Å². The quantitative estimate of drug-likeness (QED) is 0.660. The van der Waals surface area contributed by atoms with Gasteiger partial charge in [0.2, 0.25) is 11.9 Å². The van der Waals surface area contributed by atoms with Gasteiger partial charge in [0, 0.05) is 56.9 Å². The Bertz CT molecular complexity index is 737. The second-order valence-corrected chi connectivity index (χ2v) is 7.92. The lowest BCUT2D eigenvalue weighted by molar-refractivity contribution is -0.121. The number of ether oxygens (including phenoxy) is 2.